The molecule has 0 atom stereocenters. The highest BCUT2D eigenvalue weighted by molar-refractivity contribution is 7.71. The highest BCUT2D eigenvalue weighted by Gasteiger charge is 2.11. The first-order chi connectivity index (χ1) is 11.1. The summed E-state index contributed by atoms with van der Waals surface area (Å²) >= 11 is 8.52. The Hall–Kier alpha value is -1.77. The van der Waals surface area contributed by atoms with E-state index in [1.165, 1.54) is 10.4 Å². The molecule has 23 heavy (non-hydrogen) atoms. The molecule has 2 N–H and O–H groups in total. The van der Waals surface area contributed by atoms with Crippen LogP contribution in [0.1, 0.15) is 16.9 Å². The standard InChI is InChI=1S/C15H16N4OS3/c1-10-5-8-23-12(10)9-16-13(20)4-6-19-14(17-18-15(19)21)11-3-2-7-22-11/h2-3,5,7-8H,4,6,9H2,1H3,(H,16,20)(H,18,21). The van der Waals surface area contributed by atoms with Crippen molar-refractivity contribution in [1.29, 1.82) is 0 Å². The third-order valence-corrected chi connectivity index (χ3v) is 5.68. The summed E-state index contributed by atoms with van der Waals surface area (Å²) in [6.45, 7) is 3.14. The minimum atomic E-state index is 0.0121. The number of carbonyl (C=O) groups is 1. The van der Waals surface area contributed by atoms with E-state index in [0.29, 0.717) is 24.3 Å². The lowest BCUT2D eigenvalue weighted by atomic mass is 10.3. The van der Waals surface area contributed by atoms with Crippen LogP contribution in [0.15, 0.2) is 29.0 Å². The zero-order valence-corrected chi connectivity index (χ0v) is 15.0. The number of nitrogens with zero attached hydrogens (tertiary/aromatic N) is 2. The SMILES string of the molecule is Cc1ccsc1CNC(=O)CCn1c(-c2cccs2)n[nH]c1=S. The van der Waals surface area contributed by atoms with E-state index in [0.717, 1.165) is 10.7 Å². The molecule has 0 saturated carbocycles. The first-order valence-corrected chi connectivity index (χ1v) is 9.30. The Labute approximate surface area is 147 Å². The van der Waals surface area contributed by atoms with Crippen molar-refractivity contribution in [3.05, 3.63) is 44.2 Å². The number of nitrogens with one attached hydrogen (secondary N) is 2. The van der Waals surface area contributed by atoms with Crippen LogP contribution < -0.4 is 5.32 Å². The zero-order valence-electron chi connectivity index (χ0n) is 12.5. The van der Waals surface area contributed by atoms with Crippen LogP contribution in [0.4, 0.5) is 0 Å². The molecule has 3 aromatic heterocycles. The van der Waals surface area contributed by atoms with Gasteiger partial charge in [0.15, 0.2) is 10.6 Å². The monoisotopic (exact) mass is 364 g/mol. The lowest BCUT2D eigenvalue weighted by molar-refractivity contribution is -0.121. The molecule has 3 rings (SSSR count). The molecule has 0 radical (unpaired) electrons. The maximum Gasteiger partial charge on any atom is 0.222 e. The molecule has 3 aromatic rings. The number of aromatic amines is 1. The number of aromatic nitrogens is 3. The summed E-state index contributed by atoms with van der Waals surface area (Å²) in [5.41, 5.74) is 1.22. The minimum absolute atomic E-state index is 0.0121. The Morgan fingerprint density at radius 3 is 2.96 bits per heavy atom. The molecule has 0 spiro atoms. The number of carbonyl (C=O) groups excluding carboxylic acids is 1. The first kappa shape index (κ1) is 16.1. The van der Waals surface area contributed by atoms with Gasteiger partial charge >= 0.3 is 0 Å². The van der Waals surface area contributed by atoms with Gasteiger partial charge in [0.2, 0.25) is 5.91 Å². The van der Waals surface area contributed by atoms with Crippen molar-refractivity contribution in [1.82, 2.24) is 20.1 Å². The Morgan fingerprint density at radius 2 is 2.26 bits per heavy atom. The number of amides is 1. The first-order valence-electron chi connectivity index (χ1n) is 7.14. The van der Waals surface area contributed by atoms with Gasteiger partial charge in [-0.25, -0.2) is 0 Å². The minimum Gasteiger partial charge on any atom is -0.351 e. The largest absolute Gasteiger partial charge is 0.351 e. The van der Waals surface area contributed by atoms with Crippen molar-refractivity contribution in [2.24, 2.45) is 0 Å². The molecule has 0 aromatic carbocycles. The van der Waals surface area contributed by atoms with E-state index in [-0.39, 0.29) is 5.91 Å². The average molecular weight is 365 g/mol. The van der Waals surface area contributed by atoms with Crippen LogP contribution in [0.2, 0.25) is 0 Å². The van der Waals surface area contributed by atoms with Crippen LogP contribution in [-0.2, 0) is 17.9 Å². The maximum absolute atomic E-state index is 12.1. The molecule has 5 nitrogen and oxygen atoms in total. The van der Waals surface area contributed by atoms with E-state index in [2.05, 4.69) is 28.5 Å². The lowest BCUT2D eigenvalue weighted by Crippen LogP contribution is -2.24. The van der Waals surface area contributed by atoms with Crippen LogP contribution in [0, 0.1) is 11.7 Å². The Balaban J connectivity index is 1.60. The number of rotatable bonds is 6. The van der Waals surface area contributed by atoms with E-state index in [1.807, 2.05) is 27.5 Å². The fourth-order valence-electron chi connectivity index (χ4n) is 2.18. The van der Waals surface area contributed by atoms with Crippen molar-refractivity contribution in [3.63, 3.8) is 0 Å². The van der Waals surface area contributed by atoms with Gasteiger partial charge in [0.1, 0.15) is 0 Å². The maximum atomic E-state index is 12.1. The van der Waals surface area contributed by atoms with Gasteiger partial charge in [0.05, 0.1) is 11.4 Å². The predicted octanol–water partition coefficient (Wildman–Crippen LogP) is 3.75. The lowest BCUT2D eigenvalue weighted by Gasteiger charge is -2.07. The van der Waals surface area contributed by atoms with Crippen molar-refractivity contribution in [3.8, 4) is 10.7 Å². The average Bonchev–Trinajstić information content (AvgIpc) is 3.25. The van der Waals surface area contributed by atoms with Gasteiger partial charge < -0.3 is 5.32 Å². The molecule has 0 aliphatic heterocycles. The van der Waals surface area contributed by atoms with Gasteiger partial charge in [0, 0.05) is 17.8 Å². The number of H-pyrrole nitrogens is 1. The number of hydrogen-bond acceptors (Lipinski definition) is 5. The summed E-state index contributed by atoms with van der Waals surface area (Å²) in [6, 6.07) is 6.02. The second-order valence-electron chi connectivity index (χ2n) is 5.03. The predicted molar refractivity (Wildman–Crippen MR) is 96.2 cm³/mol. The van der Waals surface area contributed by atoms with Gasteiger partial charge in [-0.2, -0.15) is 5.10 Å². The molecule has 8 heteroatoms. The number of hydrogen-bond donors (Lipinski definition) is 2. The molecular weight excluding hydrogens is 348 g/mol. The van der Waals surface area contributed by atoms with E-state index in [4.69, 9.17) is 12.2 Å². The van der Waals surface area contributed by atoms with E-state index < -0.39 is 0 Å². The van der Waals surface area contributed by atoms with E-state index in [1.54, 1.807) is 22.7 Å². The van der Waals surface area contributed by atoms with Crippen LogP contribution in [0.5, 0.6) is 0 Å². The summed E-state index contributed by atoms with van der Waals surface area (Å²) in [6.07, 6.45) is 0.372. The quantitative estimate of drug-likeness (QED) is 0.655. The molecule has 0 bridgehead atoms. The third kappa shape index (κ3) is 3.77. The van der Waals surface area contributed by atoms with Gasteiger partial charge in [-0.05, 0) is 47.6 Å². The molecular formula is C15H16N4OS3. The van der Waals surface area contributed by atoms with Gasteiger partial charge in [-0.3, -0.25) is 14.5 Å². The summed E-state index contributed by atoms with van der Waals surface area (Å²) in [7, 11) is 0. The van der Waals surface area contributed by atoms with Crippen molar-refractivity contribution >= 4 is 40.8 Å². The zero-order chi connectivity index (χ0) is 16.2. The van der Waals surface area contributed by atoms with Crippen LogP contribution in [0.25, 0.3) is 10.7 Å². The fraction of sp³-hybridized carbons (Fsp3) is 0.267. The van der Waals surface area contributed by atoms with Crippen LogP contribution >= 0.6 is 34.9 Å². The van der Waals surface area contributed by atoms with Gasteiger partial charge in [0.25, 0.3) is 0 Å². The molecule has 0 unspecified atom stereocenters. The highest BCUT2D eigenvalue weighted by Crippen LogP contribution is 2.22. The molecule has 1 amide bonds. The van der Waals surface area contributed by atoms with Crippen molar-refractivity contribution < 1.29 is 4.79 Å². The smallest absolute Gasteiger partial charge is 0.222 e. The second-order valence-corrected chi connectivity index (χ2v) is 7.37. The molecule has 0 aliphatic carbocycles. The van der Waals surface area contributed by atoms with Gasteiger partial charge in [-0.15, -0.1) is 22.7 Å². The molecule has 0 saturated heterocycles. The molecule has 3 heterocycles. The van der Waals surface area contributed by atoms with Crippen molar-refractivity contribution in [2.45, 2.75) is 26.4 Å². The van der Waals surface area contributed by atoms with Crippen LogP contribution in [-0.4, -0.2) is 20.7 Å². The Bertz CT molecular complexity index is 844. The van der Waals surface area contributed by atoms with Crippen molar-refractivity contribution in [2.75, 3.05) is 0 Å². The molecule has 0 fully saturated rings. The fourth-order valence-corrected chi connectivity index (χ4v) is 3.98. The summed E-state index contributed by atoms with van der Waals surface area (Å²) < 4.78 is 2.41. The Morgan fingerprint density at radius 1 is 1.39 bits per heavy atom. The number of thiophene rings is 2. The normalized spacial score (nSPS) is 10.8. The molecule has 120 valence electrons. The second kappa shape index (κ2) is 7.20. The van der Waals surface area contributed by atoms with Gasteiger partial charge in [-0.1, -0.05) is 6.07 Å². The summed E-state index contributed by atoms with van der Waals surface area (Å²) in [5, 5.41) is 14.1. The van der Waals surface area contributed by atoms with E-state index in [9.17, 15) is 4.79 Å². The Kier molecular flexibility index (Phi) is 5.04. The third-order valence-electron chi connectivity index (χ3n) is 3.48. The van der Waals surface area contributed by atoms with Crippen LogP contribution in [0.3, 0.4) is 0 Å². The van der Waals surface area contributed by atoms with E-state index >= 15 is 0 Å². The summed E-state index contributed by atoms with van der Waals surface area (Å²) in [4.78, 5) is 14.3. The molecule has 0 aliphatic rings. The number of aryl methyl sites for hydroxylation is 1. The summed E-state index contributed by atoms with van der Waals surface area (Å²) in [5.74, 6) is 0.796. The topological polar surface area (TPSA) is 62.7 Å². The highest BCUT2D eigenvalue weighted by atomic mass is 32.1.